The lowest BCUT2D eigenvalue weighted by atomic mass is 10.1. The third-order valence-electron chi connectivity index (χ3n) is 7.99. The number of aryl methyl sites for hydroxylation is 2. The van der Waals surface area contributed by atoms with Crippen LogP contribution in [0.2, 0.25) is 25.7 Å². The van der Waals surface area contributed by atoms with Crippen LogP contribution in [0.15, 0.2) is 66.0 Å². The normalized spacial score (nSPS) is 13.1. The fraction of sp³-hybridized carbons (Fsp3) is 0.344. The van der Waals surface area contributed by atoms with E-state index >= 15 is 0 Å². The number of benzene rings is 1. The number of halogens is 3. The first-order chi connectivity index (χ1) is 22.2. The van der Waals surface area contributed by atoms with E-state index in [4.69, 9.17) is 9.84 Å². The molecule has 15 heteroatoms. The predicted octanol–water partition coefficient (Wildman–Crippen LogP) is 6.44. The number of nitrogens with one attached hydrogen (secondary N) is 1. The summed E-state index contributed by atoms with van der Waals surface area (Å²) in [5.74, 6) is 0.761. The van der Waals surface area contributed by atoms with Crippen molar-refractivity contribution in [2.45, 2.75) is 58.5 Å². The summed E-state index contributed by atoms with van der Waals surface area (Å²) in [5.41, 5.74) is 1.80. The summed E-state index contributed by atoms with van der Waals surface area (Å²) in [6.07, 6.45) is 0.220. The Bertz CT molecular complexity index is 2130. The zero-order valence-corrected chi connectivity index (χ0v) is 28.0. The predicted molar refractivity (Wildman–Crippen MR) is 176 cm³/mol. The Balaban J connectivity index is 1.47. The van der Waals surface area contributed by atoms with Gasteiger partial charge in [-0.25, -0.2) is 14.5 Å². The number of fused-ring (bicyclic) bond motifs is 2. The minimum atomic E-state index is -4.62. The van der Waals surface area contributed by atoms with E-state index in [1.54, 1.807) is 26.0 Å². The highest BCUT2D eigenvalue weighted by Crippen LogP contribution is 2.38. The topological polar surface area (TPSA) is 109 Å². The smallest absolute Gasteiger partial charge is 0.361 e. The molecule has 1 atom stereocenters. The van der Waals surface area contributed by atoms with Gasteiger partial charge in [0.2, 0.25) is 0 Å². The molecule has 0 saturated carbocycles. The molecule has 0 aliphatic heterocycles. The second-order valence-electron chi connectivity index (χ2n) is 12.8. The van der Waals surface area contributed by atoms with Crippen LogP contribution >= 0.6 is 0 Å². The van der Waals surface area contributed by atoms with Crippen LogP contribution in [0.25, 0.3) is 33.5 Å². The summed E-state index contributed by atoms with van der Waals surface area (Å²) >= 11 is 0. The van der Waals surface area contributed by atoms with Crippen LogP contribution in [-0.4, -0.2) is 53.2 Å². The molecule has 1 aromatic carbocycles. The number of nitrogens with zero attached hydrogens (tertiary/aromatic N) is 8. The van der Waals surface area contributed by atoms with E-state index in [0.717, 1.165) is 17.7 Å². The van der Waals surface area contributed by atoms with Crippen molar-refractivity contribution in [1.29, 1.82) is 0 Å². The lowest BCUT2D eigenvalue weighted by molar-refractivity contribution is -0.141. The molecule has 6 aromatic rings. The van der Waals surface area contributed by atoms with Crippen molar-refractivity contribution in [1.82, 2.24) is 38.5 Å². The molecule has 246 valence electrons. The van der Waals surface area contributed by atoms with Gasteiger partial charge in [-0.2, -0.15) is 23.4 Å². The first-order valence-corrected chi connectivity index (χ1v) is 18.9. The molecule has 0 aliphatic rings. The molecule has 11 nitrogen and oxygen atoms in total. The summed E-state index contributed by atoms with van der Waals surface area (Å²) in [7, 11) is 0.119. The highest BCUT2D eigenvalue weighted by Gasteiger charge is 2.35. The lowest BCUT2D eigenvalue weighted by Crippen LogP contribution is -2.29. The zero-order chi connectivity index (χ0) is 33.7. The van der Waals surface area contributed by atoms with Crippen LogP contribution in [-0.2, 0) is 24.7 Å². The van der Waals surface area contributed by atoms with E-state index in [1.165, 1.54) is 18.1 Å². The van der Waals surface area contributed by atoms with Crippen LogP contribution in [0.3, 0.4) is 0 Å². The number of aromatic nitrogens is 8. The molecule has 0 bridgehead atoms. The first-order valence-electron chi connectivity index (χ1n) is 15.2. The minimum absolute atomic E-state index is 0.149. The summed E-state index contributed by atoms with van der Waals surface area (Å²) in [6.45, 7) is 11.2. The molecule has 1 N–H and O–H groups in total. The van der Waals surface area contributed by atoms with E-state index in [9.17, 15) is 18.0 Å². The van der Waals surface area contributed by atoms with Gasteiger partial charge in [0.1, 0.15) is 30.0 Å². The standard InChI is InChI=1S/C32H36F3N9O2Si/c1-20-12-13-43-27(20)31(45)44(22-10-8-7-9-11-22)29(40-43)21(2)38-28-26-23(24-16-25(32(33,34)35)39-41(24)3)17-42(30(26)37-18-36-28)19-46-14-15-47(4,5)6/h7-13,16-18,21H,14-15,19H2,1-6H3,(H,36,37,38). The molecule has 6 rings (SSSR count). The molecule has 0 radical (unpaired) electrons. The summed E-state index contributed by atoms with van der Waals surface area (Å²) in [5, 5.41) is 12.4. The molecule has 5 heterocycles. The van der Waals surface area contributed by atoms with Gasteiger partial charge in [0.05, 0.1) is 22.8 Å². The maximum absolute atomic E-state index is 13.9. The summed E-state index contributed by atoms with van der Waals surface area (Å²) < 4.78 is 53.2. The molecule has 5 aromatic heterocycles. The number of ether oxygens (including phenoxy) is 1. The van der Waals surface area contributed by atoms with E-state index in [2.05, 4.69) is 40.0 Å². The zero-order valence-electron chi connectivity index (χ0n) is 27.0. The number of hydrogen-bond donors (Lipinski definition) is 1. The van der Waals surface area contributed by atoms with Crippen LogP contribution in [0, 0.1) is 6.92 Å². The van der Waals surface area contributed by atoms with Gasteiger partial charge in [0.25, 0.3) is 5.56 Å². The van der Waals surface area contributed by atoms with Gasteiger partial charge in [-0.1, -0.05) is 37.8 Å². The summed E-state index contributed by atoms with van der Waals surface area (Å²) in [6, 6.07) is 12.4. The van der Waals surface area contributed by atoms with E-state index in [0.29, 0.717) is 46.1 Å². The third-order valence-corrected chi connectivity index (χ3v) is 9.70. The Morgan fingerprint density at radius 3 is 2.49 bits per heavy atom. The van der Waals surface area contributed by atoms with E-state index in [1.807, 2.05) is 50.2 Å². The Hall–Kier alpha value is -4.76. The highest BCUT2D eigenvalue weighted by molar-refractivity contribution is 6.76. The molecule has 47 heavy (non-hydrogen) atoms. The average molecular weight is 664 g/mol. The SMILES string of the molecule is Cc1ccn2nc(C(C)Nc3ncnc4c3c(-c3cc(C(F)(F)F)nn3C)cn4COCC[Si](C)(C)C)n(-c3ccccc3)c(=O)c12. The number of rotatable bonds is 10. The van der Waals surface area contributed by atoms with Crippen molar-refractivity contribution in [3.63, 3.8) is 0 Å². The Morgan fingerprint density at radius 2 is 1.81 bits per heavy atom. The van der Waals surface area contributed by atoms with Gasteiger partial charge >= 0.3 is 6.18 Å². The Labute approximate surface area is 269 Å². The van der Waals surface area contributed by atoms with Gasteiger partial charge in [-0.3, -0.25) is 14.0 Å². The largest absolute Gasteiger partial charge is 0.435 e. The Kier molecular flexibility index (Phi) is 8.30. The van der Waals surface area contributed by atoms with Crippen molar-refractivity contribution in [3.8, 4) is 16.9 Å². The molecule has 0 amide bonds. The van der Waals surface area contributed by atoms with Gasteiger partial charge in [0.15, 0.2) is 11.5 Å². The van der Waals surface area contributed by atoms with Gasteiger partial charge in [-0.15, -0.1) is 0 Å². The van der Waals surface area contributed by atoms with Crippen LogP contribution in [0.5, 0.6) is 0 Å². The maximum Gasteiger partial charge on any atom is 0.435 e. The summed E-state index contributed by atoms with van der Waals surface area (Å²) in [4.78, 5) is 22.9. The fourth-order valence-electron chi connectivity index (χ4n) is 5.53. The maximum atomic E-state index is 13.9. The quantitative estimate of drug-likeness (QED) is 0.133. The molecular weight excluding hydrogens is 627 g/mol. The first kappa shape index (κ1) is 32.2. The average Bonchev–Trinajstić information content (AvgIpc) is 3.70. The lowest BCUT2D eigenvalue weighted by Gasteiger charge is -2.20. The van der Waals surface area contributed by atoms with Crippen molar-refractivity contribution in [2.75, 3.05) is 11.9 Å². The molecule has 0 spiro atoms. The van der Waals surface area contributed by atoms with Gasteiger partial charge < -0.3 is 14.6 Å². The number of para-hydroxylation sites is 1. The number of anilines is 1. The highest BCUT2D eigenvalue weighted by atomic mass is 28.3. The number of hydrogen-bond acceptors (Lipinski definition) is 7. The third kappa shape index (κ3) is 6.32. The van der Waals surface area contributed by atoms with Gasteiger partial charge in [0, 0.05) is 39.7 Å². The monoisotopic (exact) mass is 663 g/mol. The minimum Gasteiger partial charge on any atom is -0.361 e. The molecule has 0 saturated heterocycles. The van der Waals surface area contributed by atoms with Crippen molar-refractivity contribution >= 4 is 30.4 Å². The van der Waals surface area contributed by atoms with Crippen LogP contribution in [0.4, 0.5) is 19.0 Å². The van der Waals surface area contributed by atoms with E-state index in [-0.39, 0.29) is 18.0 Å². The van der Waals surface area contributed by atoms with Gasteiger partial charge in [-0.05, 0) is 49.7 Å². The Morgan fingerprint density at radius 1 is 1.06 bits per heavy atom. The molecule has 0 fully saturated rings. The molecule has 0 aliphatic carbocycles. The van der Waals surface area contributed by atoms with Crippen molar-refractivity contribution in [3.05, 3.63) is 88.6 Å². The van der Waals surface area contributed by atoms with Crippen LogP contribution < -0.4 is 10.9 Å². The van der Waals surface area contributed by atoms with Crippen molar-refractivity contribution < 1.29 is 17.9 Å². The molecule has 1 unspecified atom stereocenters. The fourth-order valence-corrected chi connectivity index (χ4v) is 6.29. The van der Waals surface area contributed by atoms with E-state index < -0.39 is 26.0 Å². The van der Waals surface area contributed by atoms with Crippen LogP contribution in [0.1, 0.15) is 30.0 Å². The van der Waals surface area contributed by atoms with Crippen molar-refractivity contribution in [2.24, 2.45) is 7.05 Å². The second-order valence-corrected chi connectivity index (χ2v) is 18.4. The number of alkyl halides is 3. The molecular formula is C32H36F3N9O2Si. The second kappa shape index (κ2) is 12.1.